The van der Waals surface area contributed by atoms with Crippen molar-refractivity contribution in [3.8, 4) is 0 Å². The molecule has 5 nitrogen and oxygen atoms in total. The molecule has 0 aliphatic heterocycles. The van der Waals surface area contributed by atoms with Crippen molar-refractivity contribution in [2.45, 2.75) is 32.7 Å². The molecule has 0 amide bonds. The molecule has 0 radical (unpaired) electrons. The molecule has 114 valence electrons. The monoisotopic (exact) mass is 300 g/mol. The Morgan fingerprint density at radius 3 is 2.45 bits per heavy atom. The summed E-state index contributed by atoms with van der Waals surface area (Å²) >= 11 is 1.44. The number of carbonyl (C=O) groups is 1. The van der Waals surface area contributed by atoms with E-state index in [0.717, 1.165) is 23.7 Å². The van der Waals surface area contributed by atoms with Gasteiger partial charge >= 0.3 is 0 Å². The molecule has 0 spiro atoms. The van der Waals surface area contributed by atoms with Gasteiger partial charge in [-0.1, -0.05) is 25.2 Å². The molecule has 20 heavy (non-hydrogen) atoms. The zero-order valence-corrected chi connectivity index (χ0v) is 13.7. The number of ether oxygens (including phenoxy) is 2. The van der Waals surface area contributed by atoms with Gasteiger partial charge in [0, 0.05) is 20.8 Å². The molecule has 0 fully saturated rings. The largest absolute Gasteiger partial charge is 0.383 e. The van der Waals surface area contributed by atoms with Crippen LogP contribution >= 0.6 is 11.3 Å². The third-order valence-corrected chi connectivity index (χ3v) is 4.08. The molecule has 0 aliphatic rings. The number of anilines is 1. The third kappa shape index (κ3) is 4.26. The minimum Gasteiger partial charge on any atom is -0.383 e. The van der Waals surface area contributed by atoms with E-state index in [0.29, 0.717) is 18.1 Å². The van der Waals surface area contributed by atoms with Crippen LogP contribution in [0.25, 0.3) is 0 Å². The van der Waals surface area contributed by atoms with Crippen molar-refractivity contribution < 1.29 is 14.3 Å². The summed E-state index contributed by atoms with van der Waals surface area (Å²) in [6.45, 7) is 8.12. The van der Waals surface area contributed by atoms with E-state index in [2.05, 4.69) is 16.8 Å². The van der Waals surface area contributed by atoms with Crippen molar-refractivity contribution in [2.75, 3.05) is 38.9 Å². The standard InChI is InChI=1S/C14H24N2O3S/c1-10(2)13-12(8-17)20-14(15-13)16(6-7-18-4)11(3)9-19-5/h8,10-11H,6-7,9H2,1-5H3. The lowest BCUT2D eigenvalue weighted by molar-refractivity contribution is 0.112. The Labute approximate surface area is 124 Å². The highest BCUT2D eigenvalue weighted by Crippen LogP contribution is 2.30. The van der Waals surface area contributed by atoms with Crippen molar-refractivity contribution in [1.82, 2.24) is 4.98 Å². The quantitative estimate of drug-likeness (QED) is 0.656. The number of carbonyl (C=O) groups excluding carboxylic acids is 1. The molecule has 1 atom stereocenters. The first kappa shape index (κ1) is 17.1. The van der Waals surface area contributed by atoms with Gasteiger partial charge in [0.1, 0.15) is 0 Å². The van der Waals surface area contributed by atoms with Gasteiger partial charge in [0.15, 0.2) is 11.4 Å². The minimum absolute atomic E-state index is 0.181. The zero-order valence-electron chi connectivity index (χ0n) is 12.9. The maximum atomic E-state index is 11.2. The van der Waals surface area contributed by atoms with Gasteiger partial charge < -0.3 is 14.4 Å². The Morgan fingerprint density at radius 1 is 1.30 bits per heavy atom. The predicted octanol–water partition coefficient (Wildman–Crippen LogP) is 2.57. The van der Waals surface area contributed by atoms with E-state index in [9.17, 15) is 4.79 Å². The van der Waals surface area contributed by atoms with E-state index < -0.39 is 0 Å². The van der Waals surface area contributed by atoms with Crippen molar-refractivity contribution in [3.05, 3.63) is 10.6 Å². The number of nitrogens with zero attached hydrogens (tertiary/aromatic N) is 2. The number of rotatable bonds is 9. The van der Waals surface area contributed by atoms with Crippen molar-refractivity contribution >= 4 is 22.8 Å². The number of thiazole rings is 1. The molecule has 0 aliphatic carbocycles. The molecular weight excluding hydrogens is 276 g/mol. The first-order chi connectivity index (χ1) is 9.54. The second kappa shape index (κ2) is 8.34. The van der Waals surface area contributed by atoms with Crippen molar-refractivity contribution in [2.24, 2.45) is 0 Å². The predicted molar refractivity (Wildman–Crippen MR) is 82.2 cm³/mol. The van der Waals surface area contributed by atoms with Crippen LogP contribution in [-0.4, -0.2) is 51.3 Å². The topological polar surface area (TPSA) is 51.7 Å². The summed E-state index contributed by atoms with van der Waals surface area (Å²) < 4.78 is 10.4. The second-order valence-electron chi connectivity index (χ2n) is 5.01. The lowest BCUT2D eigenvalue weighted by Gasteiger charge is -2.28. The number of hydrogen-bond donors (Lipinski definition) is 0. The zero-order chi connectivity index (χ0) is 15.1. The van der Waals surface area contributed by atoms with Gasteiger partial charge in [0.05, 0.1) is 29.8 Å². The molecule has 0 bridgehead atoms. The van der Waals surface area contributed by atoms with Crippen LogP contribution in [0.15, 0.2) is 0 Å². The van der Waals surface area contributed by atoms with Crippen LogP contribution < -0.4 is 4.90 Å². The minimum atomic E-state index is 0.181. The SMILES string of the molecule is COCCN(c1nc(C(C)C)c(C=O)s1)C(C)COC. The molecular formula is C14H24N2O3S. The second-order valence-corrected chi connectivity index (χ2v) is 6.02. The molecule has 6 heteroatoms. The molecule has 1 heterocycles. The molecule has 1 aromatic heterocycles. The van der Waals surface area contributed by atoms with E-state index in [1.807, 2.05) is 13.8 Å². The average molecular weight is 300 g/mol. The Morgan fingerprint density at radius 2 is 2.00 bits per heavy atom. The fourth-order valence-corrected chi connectivity index (χ4v) is 3.14. The summed E-state index contributed by atoms with van der Waals surface area (Å²) in [5, 5.41) is 0.859. The van der Waals surface area contributed by atoms with Crippen molar-refractivity contribution in [3.63, 3.8) is 0 Å². The van der Waals surface area contributed by atoms with E-state index in [1.54, 1.807) is 14.2 Å². The Balaban J connectivity index is 3.03. The first-order valence-corrected chi connectivity index (χ1v) is 7.57. The molecule has 0 saturated carbocycles. The lowest BCUT2D eigenvalue weighted by Crippen LogP contribution is -2.38. The van der Waals surface area contributed by atoms with Crippen LogP contribution in [0.4, 0.5) is 5.13 Å². The van der Waals surface area contributed by atoms with Crippen LogP contribution in [-0.2, 0) is 9.47 Å². The van der Waals surface area contributed by atoms with Crippen LogP contribution in [0.3, 0.4) is 0 Å². The highest BCUT2D eigenvalue weighted by molar-refractivity contribution is 7.17. The summed E-state index contributed by atoms with van der Waals surface area (Å²) in [5.74, 6) is 0.238. The van der Waals surface area contributed by atoms with Gasteiger partial charge in [-0.05, 0) is 12.8 Å². The van der Waals surface area contributed by atoms with Gasteiger partial charge in [-0.3, -0.25) is 4.79 Å². The van der Waals surface area contributed by atoms with Crippen LogP contribution in [0.1, 0.15) is 42.1 Å². The van der Waals surface area contributed by atoms with Gasteiger partial charge in [0.25, 0.3) is 0 Å². The molecule has 1 aromatic rings. The number of hydrogen-bond acceptors (Lipinski definition) is 6. The van der Waals surface area contributed by atoms with Crippen LogP contribution in [0.5, 0.6) is 0 Å². The van der Waals surface area contributed by atoms with Crippen LogP contribution in [0, 0.1) is 0 Å². The normalized spacial score (nSPS) is 12.7. The molecule has 0 aromatic carbocycles. The Kier molecular flexibility index (Phi) is 7.12. The fourth-order valence-electron chi connectivity index (χ4n) is 1.98. The Bertz CT molecular complexity index is 421. The highest BCUT2D eigenvalue weighted by atomic mass is 32.1. The number of aromatic nitrogens is 1. The lowest BCUT2D eigenvalue weighted by atomic mass is 10.1. The van der Waals surface area contributed by atoms with Crippen LogP contribution in [0.2, 0.25) is 0 Å². The summed E-state index contributed by atoms with van der Waals surface area (Å²) in [4.78, 5) is 18.7. The number of aldehydes is 1. The first-order valence-electron chi connectivity index (χ1n) is 6.75. The summed E-state index contributed by atoms with van der Waals surface area (Å²) in [7, 11) is 3.36. The average Bonchev–Trinajstić information content (AvgIpc) is 2.83. The molecule has 0 saturated heterocycles. The van der Waals surface area contributed by atoms with Gasteiger partial charge in [-0.25, -0.2) is 4.98 Å². The van der Waals surface area contributed by atoms with E-state index in [4.69, 9.17) is 9.47 Å². The van der Waals surface area contributed by atoms with Gasteiger partial charge in [-0.15, -0.1) is 0 Å². The summed E-state index contributed by atoms with van der Waals surface area (Å²) in [6, 6.07) is 0.181. The van der Waals surface area contributed by atoms with E-state index >= 15 is 0 Å². The smallest absolute Gasteiger partial charge is 0.186 e. The Hall–Kier alpha value is -0.980. The van der Waals surface area contributed by atoms with E-state index in [1.165, 1.54) is 11.3 Å². The molecule has 0 N–H and O–H groups in total. The maximum Gasteiger partial charge on any atom is 0.186 e. The maximum absolute atomic E-state index is 11.2. The fraction of sp³-hybridized carbons (Fsp3) is 0.714. The van der Waals surface area contributed by atoms with Crippen molar-refractivity contribution in [1.29, 1.82) is 0 Å². The summed E-state index contributed by atoms with van der Waals surface area (Å²) in [6.07, 6.45) is 0.895. The molecule has 1 rings (SSSR count). The summed E-state index contributed by atoms with van der Waals surface area (Å²) in [5.41, 5.74) is 0.868. The number of methoxy groups -OCH3 is 2. The van der Waals surface area contributed by atoms with Gasteiger partial charge in [-0.2, -0.15) is 0 Å². The van der Waals surface area contributed by atoms with Gasteiger partial charge in [0.2, 0.25) is 0 Å². The third-order valence-electron chi connectivity index (χ3n) is 3.05. The van der Waals surface area contributed by atoms with E-state index in [-0.39, 0.29) is 12.0 Å². The highest BCUT2D eigenvalue weighted by Gasteiger charge is 2.21. The molecule has 1 unspecified atom stereocenters.